The molecule has 0 bridgehead atoms. The van der Waals surface area contributed by atoms with E-state index in [-0.39, 0.29) is 0 Å². The van der Waals surface area contributed by atoms with Gasteiger partial charge >= 0.3 is 0 Å². The van der Waals surface area contributed by atoms with Gasteiger partial charge in [0.1, 0.15) is 0 Å². The molecule has 2 fully saturated rings. The van der Waals surface area contributed by atoms with Crippen molar-refractivity contribution in [2.24, 2.45) is 5.41 Å². The normalized spacial score (nSPS) is 27.1. The molecule has 2 heterocycles. The molecule has 17 heavy (non-hydrogen) atoms. The molecule has 0 aromatic rings. The van der Waals surface area contributed by atoms with E-state index in [1.807, 2.05) is 7.05 Å². The Bertz CT molecular complexity index is 252. The summed E-state index contributed by atoms with van der Waals surface area (Å²) >= 11 is 0. The summed E-state index contributed by atoms with van der Waals surface area (Å²) in [5, 5.41) is 3.33. The van der Waals surface area contributed by atoms with Gasteiger partial charge in [-0.1, -0.05) is 0 Å². The first-order valence-corrected chi connectivity index (χ1v) is 8.03. The number of rotatable bonds is 4. The van der Waals surface area contributed by atoms with Gasteiger partial charge in [0.15, 0.2) is 0 Å². The van der Waals surface area contributed by atoms with Crippen LogP contribution in [0.1, 0.15) is 12.8 Å². The highest BCUT2D eigenvalue weighted by Gasteiger charge is 2.34. The van der Waals surface area contributed by atoms with Crippen LogP contribution in [0.2, 0.25) is 0 Å². The molecular weight excluding hydrogens is 236 g/mol. The van der Waals surface area contributed by atoms with Crippen LogP contribution in [0.3, 0.4) is 0 Å². The van der Waals surface area contributed by atoms with Crippen LogP contribution in [0.5, 0.6) is 0 Å². The second-order valence-electron chi connectivity index (χ2n) is 5.27. The van der Waals surface area contributed by atoms with Gasteiger partial charge in [-0.2, -0.15) is 0 Å². The van der Waals surface area contributed by atoms with E-state index in [4.69, 9.17) is 4.74 Å². The first kappa shape index (κ1) is 13.5. The lowest BCUT2D eigenvalue weighted by molar-refractivity contribution is -0.00215. The van der Waals surface area contributed by atoms with E-state index in [2.05, 4.69) is 10.2 Å². The highest BCUT2D eigenvalue weighted by molar-refractivity contribution is 7.85. The van der Waals surface area contributed by atoms with Crippen LogP contribution >= 0.6 is 0 Å². The number of hydrogen-bond donors (Lipinski definition) is 1. The van der Waals surface area contributed by atoms with Gasteiger partial charge in [-0.15, -0.1) is 0 Å². The maximum atomic E-state index is 11.4. The summed E-state index contributed by atoms with van der Waals surface area (Å²) in [5.41, 5.74) is 0.367. The fraction of sp³-hybridized carbons (Fsp3) is 1.00. The van der Waals surface area contributed by atoms with Gasteiger partial charge in [-0.3, -0.25) is 4.21 Å². The summed E-state index contributed by atoms with van der Waals surface area (Å²) in [7, 11) is 1.46. The molecule has 0 spiro atoms. The lowest BCUT2D eigenvalue weighted by Gasteiger charge is -2.42. The molecule has 0 radical (unpaired) electrons. The first-order chi connectivity index (χ1) is 8.24. The summed E-state index contributed by atoms with van der Waals surface area (Å²) in [4.78, 5) is 2.49. The van der Waals surface area contributed by atoms with Crippen LogP contribution < -0.4 is 5.32 Å². The molecule has 5 heteroatoms. The van der Waals surface area contributed by atoms with Gasteiger partial charge in [0.25, 0.3) is 0 Å². The minimum atomic E-state index is -0.567. The van der Waals surface area contributed by atoms with E-state index in [0.29, 0.717) is 5.41 Å². The first-order valence-electron chi connectivity index (χ1n) is 6.54. The predicted molar refractivity (Wildman–Crippen MR) is 70.7 cm³/mol. The van der Waals surface area contributed by atoms with Crippen molar-refractivity contribution >= 4 is 10.8 Å². The molecule has 0 saturated carbocycles. The number of nitrogens with one attached hydrogen (secondary N) is 1. The Morgan fingerprint density at radius 2 is 1.94 bits per heavy atom. The lowest BCUT2D eigenvalue weighted by atomic mass is 9.79. The number of nitrogens with zero attached hydrogens (tertiary/aromatic N) is 1. The van der Waals surface area contributed by atoms with Crippen molar-refractivity contribution in [2.75, 3.05) is 57.9 Å². The molecule has 0 atom stereocenters. The standard InChI is InChI=1S/C12H24N2O2S/c1-13-10-12(2-6-16-7-3-12)11-14-4-8-17(15)9-5-14/h13H,2-11H2,1H3. The lowest BCUT2D eigenvalue weighted by Crippen LogP contribution is -2.50. The smallest absolute Gasteiger partial charge is 0.0472 e. The largest absolute Gasteiger partial charge is 0.381 e. The highest BCUT2D eigenvalue weighted by Crippen LogP contribution is 2.31. The van der Waals surface area contributed by atoms with Crippen LogP contribution in [0.4, 0.5) is 0 Å². The van der Waals surface area contributed by atoms with E-state index in [1.54, 1.807) is 0 Å². The van der Waals surface area contributed by atoms with E-state index >= 15 is 0 Å². The van der Waals surface area contributed by atoms with Gasteiger partial charge in [-0.05, 0) is 25.3 Å². The van der Waals surface area contributed by atoms with E-state index in [1.165, 1.54) is 0 Å². The molecule has 2 rings (SSSR count). The maximum absolute atomic E-state index is 11.4. The van der Waals surface area contributed by atoms with Crippen molar-refractivity contribution in [3.63, 3.8) is 0 Å². The van der Waals surface area contributed by atoms with Crippen molar-refractivity contribution in [3.8, 4) is 0 Å². The van der Waals surface area contributed by atoms with Crippen molar-refractivity contribution in [1.82, 2.24) is 10.2 Å². The molecule has 2 saturated heterocycles. The second-order valence-corrected chi connectivity index (χ2v) is 6.96. The molecule has 2 aliphatic heterocycles. The van der Waals surface area contributed by atoms with Gasteiger partial charge in [0.2, 0.25) is 0 Å². The van der Waals surface area contributed by atoms with Gasteiger partial charge < -0.3 is 15.0 Å². The Balaban J connectivity index is 1.90. The zero-order valence-corrected chi connectivity index (χ0v) is 11.6. The summed E-state index contributed by atoms with van der Waals surface area (Å²) < 4.78 is 16.8. The number of hydrogen-bond acceptors (Lipinski definition) is 4. The van der Waals surface area contributed by atoms with E-state index in [0.717, 1.165) is 63.7 Å². The van der Waals surface area contributed by atoms with Crippen molar-refractivity contribution in [1.29, 1.82) is 0 Å². The average Bonchev–Trinajstić information content (AvgIpc) is 2.34. The molecule has 0 aliphatic carbocycles. The van der Waals surface area contributed by atoms with Crippen LogP contribution in [0, 0.1) is 5.41 Å². The van der Waals surface area contributed by atoms with Gasteiger partial charge in [0.05, 0.1) is 0 Å². The maximum Gasteiger partial charge on any atom is 0.0472 e. The van der Waals surface area contributed by atoms with Gasteiger partial charge in [-0.25, -0.2) is 0 Å². The van der Waals surface area contributed by atoms with Crippen molar-refractivity contribution in [2.45, 2.75) is 12.8 Å². The van der Waals surface area contributed by atoms with Crippen molar-refractivity contribution < 1.29 is 8.95 Å². The monoisotopic (exact) mass is 260 g/mol. The summed E-state index contributed by atoms with van der Waals surface area (Å²) in [6.45, 7) is 5.98. The Kier molecular flexibility index (Phi) is 4.97. The predicted octanol–water partition coefficient (Wildman–Crippen LogP) is 0.0669. The van der Waals surface area contributed by atoms with Gasteiger partial charge in [0, 0.05) is 61.7 Å². The second kappa shape index (κ2) is 6.27. The van der Waals surface area contributed by atoms with E-state index in [9.17, 15) is 4.21 Å². The zero-order valence-electron chi connectivity index (χ0n) is 10.7. The summed E-state index contributed by atoms with van der Waals surface area (Å²) in [5.74, 6) is 1.71. The molecule has 0 aromatic heterocycles. The Hall–Kier alpha value is 0.0300. The Morgan fingerprint density at radius 3 is 2.53 bits per heavy atom. The average molecular weight is 260 g/mol. The molecule has 0 unspecified atom stereocenters. The van der Waals surface area contributed by atoms with Crippen LogP contribution in [0.25, 0.3) is 0 Å². The SMILES string of the molecule is CNCC1(CN2CCS(=O)CC2)CCOCC1. The van der Waals surface area contributed by atoms with Crippen LogP contribution in [-0.4, -0.2) is 67.1 Å². The molecule has 100 valence electrons. The third kappa shape index (κ3) is 3.74. The fourth-order valence-corrected chi connectivity index (χ4v) is 4.01. The third-order valence-electron chi connectivity index (χ3n) is 3.93. The Morgan fingerprint density at radius 1 is 1.29 bits per heavy atom. The molecule has 1 N–H and O–H groups in total. The molecule has 0 aromatic carbocycles. The minimum Gasteiger partial charge on any atom is -0.381 e. The molecule has 0 amide bonds. The topological polar surface area (TPSA) is 41.6 Å². The number of ether oxygens (including phenoxy) is 1. The van der Waals surface area contributed by atoms with Crippen LogP contribution in [-0.2, 0) is 15.5 Å². The highest BCUT2D eigenvalue weighted by atomic mass is 32.2. The van der Waals surface area contributed by atoms with Crippen molar-refractivity contribution in [3.05, 3.63) is 0 Å². The fourth-order valence-electron chi connectivity index (χ4n) is 2.88. The molecule has 2 aliphatic rings. The third-order valence-corrected chi connectivity index (χ3v) is 5.21. The quantitative estimate of drug-likeness (QED) is 0.776. The molecular formula is C12H24N2O2S. The summed E-state index contributed by atoms with van der Waals surface area (Å²) in [6, 6.07) is 0. The molecule has 4 nitrogen and oxygen atoms in total. The minimum absolute atomic E-state index is 0.367. The summed E-state index contributed by atoms with van der Waals surface area (Å²) in [6.07, 6.45) is 2.29. The van der Waals surface area contributed by atoms with E-state index < -0.39 is 10.8 Å². The van der Waals surface area contributed by atoms with Crippen LogP contribution in [0.15, 0.2) is 0 Å². The Labute approximate surface area is 107 Å². The zero-order chi connectivity index (χ0) is 12.1.